The zero-order chi connectivity index (χ0) is 11.0. The van der Waals surface area contributed by atoms with Crippen molar-refractivity contribution >= 4 is 28.6 Å². The van der Waals surface area contributed by atoms with Gasteiger partial charge in [0.1, 0.15) is 0 Å². The number of halogens is 1. The second-order valence-electron chi connectivity index (χ2n) is 2.94. The number of carbonyl (C=O) groups is 1. The molecule has 0 unspecified atom stereocenters. The van der Waals surface area contributed by atoms with Crippen LogP contribution >= 0.6 is 22.6 Å². The number of aliphatic hydroxyl groups is 1. The third-order valence-electron chi connectivity index (χ3n) is 1.82. The zero-order valence-electron chi connectivity index (χ0n) is 8.62. The van der Waals surface area contributed by atoms with E-state index in [4.69, 9.17) is 4.74 Å². The van der Waals surface area contributed by atoms with Gasteiger partial charge in [0.05, 0.1) is 18.3 Å². The van der Waals surface area contributed by atoms with Gasteiger partial charge in [-0.05, 0) is 17.4 Å². The van der Waals surface area contributed by atoms with Gasteiger partial charge in [0.15, 0.2) is 0 Å². The molecule has 3 nitrogen and oxygen atoms in total. The first-order valence-corrected chi connectivity index (χ1v) is 6.07. The first kappa shape index (κ1) is 13.9. The standard InChI is InChI=1S/C10H17IO3/c1-3-5-6-9(12)8(7-11)10(13)14-4-2/h7,9,12H,3-6H2,1-2H3/b8-7+/t9-/m0/s1. The summed E-state index contributed by atoms with van der Waals surface area (Å²) in [6.45, 7) is 4.14. The third kappa shape index (κ3) is 4.95. The SMILES string of the molecule is CCCC[C@H](O)/C(=C\I)C(=O)OCC. The Labute approximate surface area is 98.7 Å². The van der Waals surface area contributed by atoms with Crippen molar-refractivity contribution in [1.29, 1.82) is 0 Å². The maximum Gasteiger partial charge on any atom is 0.337 e. The monoisotopic (exact) mass is 312 g/mol. The fraction of sp³-hybridized carbons (Fsp3) is 0.700. The van der Waals surface area contributed by atoms with Gasteiger partial charge in [-0.1, -0.05) is 42.4 Å². The van der Waals surface area contributed by atoms with Crippen LogP contribution in [0.15, 0.2) is 9.66 Å². The van der Waals surface area contributed by atoms with Crippen LogP contribution in [0.5, 0.6) is 0 Å². The van der Waals surface area contributed by atoms with Crippen LogP contribution in [0.2, 0.25) is 0 Å². The molecule has 1 atom stereocenters. The Balaban J connectivity index is 4.19. The van der Waals surface area contributed by atoms with Crippen molar-refractivity contribution < 1.29 is 14.6 Å². The number of carbonyl (C=O) groups excluding carboxylic acids is 1. The predicted octanol–water partition coefficient (Wildman–Crippen LogP) is 2.42. The minimum Gasteiger partial charge on any atom is -0.463 e. The minimum absolute atomic E-state index is 0.341. The van der Waals surface area contributed by atoms with Crippen LogP contribution in [0, 0.1) is 0 Å². The summed E-state index contributed by atoms with van der Waals surface area (Å²) < 4.78 is 6.42. The molecular formula is C10H17IO3. The lowest BCUT2D eigenvalue weighted by Gasteiger charge is -2.12. The van der Waals surface area contributed by atoms with Gasteiger partial charge in [-0.3, -0.25) is 0 Å². The average Bonchev–Trinajstić information content (AvgIpc) is 2.16. The maximum atomic E-state index is 11.3. The molecule has 0 saturated carbocycles. The fourth-order valence-electron chi connectivity index (χ4n) is 1.02. The second kappa shape index (κ2) is 8.23. The van der Waals surface area contributed by atoms with Crippen LogP contribution in [0.1, 0.15) is 33.1 Å². The van der Waals surface area contributed by atoms with Gasteiger partial charge in [-0.2, -0.15) is 0 Å². The molecule has 0 rings (SSSR count). The molecule has 1 N–H and O–H groups in total. The van der Waals surface area contributed by atoms with Crippen molar-refractivity contribution in [3.05, 3.63) is 9.66 Å². The topological polar surface area (TPSA) is 46.5 Å². The number of unbranched alkanes of at least 4 members (excludes halogenated alkanes) is 1. The van der Waals surface area contributed by atoms with E-state index >= 15 is 0 Å². The summed E-state index contributed by atoms with van der Waals surface area (Å²) in [7, 11) is 0. The molecule has 4 heteroatoms. The van der Waals surface area contributed by atoms with Crippen LogP contribution < -0.4 is 0 Å². The van der Waals surface area contributed by atoms with E-state index in [2.05, 4.69) is 0 Å². The number of ether oxygens (including phenoxy) is 1. The molecule has 0 amide bonds. The van der Waals surface area contributed by atoms with E-state index in [1.165, 1.54) is 0 Å². The Morgan fingerprint density at radius 2 is 2.21 bits per heavy atom. The third-order valence-corrected chi connectivity index (χ3v) is 2.49. The number of hydrogen-bond acceptors (Lipinski definition) is 3. The lowest BCUT2D eigenvalue weighted by Crippen LogP contribution is -2.19. The highest BCUT2D eigenvalue weighted by atomic mass is 127. The first-order valence-electron chi connectivity index (χ1n) is 4.82. The van der Waals surface area contributed by atoms with Gasteiger partial charge in [0, 0.05) is 0 Å². The second-order valence-corrected chi connectivity index (χ2v) is 3.57. The van der Waals surface area contributed by atoms with Crippen molar-refractivity contribution in [3.63, 3.8) is 0 Å². The van der Waals surface area contributed by atoms with Crippen molar-refractivity contribution in [2.45, 2.75) is 39.2 Å². The van der Waals surface area contributed by atoms with Crippen molar-refractivity contribution in [2.24, 2.45) is 0 Å². The van der Waals surface area contributed by atoms with Gasteiger partial charge in [0.2, 0.25) is 0 Å². The van der Waals surface area contributed by atoms with E-state index in [9.17, 15) is 9.90 Å². The summed E-state index contributed by atoms with van der Waals surface area (Å²) >= 11 is 1.95. The van der Waals surface area contributed by atoms with Crippen molar-refractivity contribution in [3.8, 4) is 0 Å². The first-order chi connectivity index (χ1) is 6.67. The molecule has 0 aliphatic heterocycles. The summed E-state index contributed by atoms with van der Waals surface area (Å²) in [5.74, 6) is -0.412. The highest BCUT2D eigenvalue weighted by Crippen LogP contribution is 2.14. The van der Waals surface area contributed by atoms with Gasteiger partial charge in [0.25, 0.3) is 0 Å². The molecule has 0 saturated heterocycles. The molecule has 0 aliphatic rings. The van der Waals surface area contributed by atoms with Gasteiger partial charge in [-0.25, -0.2) is 4.79 Å². The summed E-state index contributed by atoms with van der Waals surface area (Å²) in [4.78, 5) is 11.3. The Morgan fingerprint density at radius 1 is 1.57 bits per heavy atom. The Hall–Kier alpha value is -0.100. The zero-order valence-corrected chi connectivity index (χ0v) is 10.8. The number of aliphatic hydroxyl groups excluding tert-OH is 1. The summed E-state index contributed by atoms with van der Waals surface area (Å²) in [5.41, 5.74) is 0.362. The molecule has 0 heterocycles. The van der Waals surface area contributed by atoms with E-state index in [1.807, 2.05) is 29.5 Å². The van der Waals surface area contributed by atoms with Crippen LogP contribution in [0.25, 0.3) is 0 Å². The molecule has 0 aliphatic carbocycles. The van der Waals surface area contributed by atoms with E-state index in [-0.39, 0.29) is 0 Å². The Kier molecular flexibility index (Phi) is 8.17. The van der Waals surface area contributed by atoms with Crippen LogP contribution in [-0.4, -0.2) is 23.8 Å². The molecule has 0 fully saturated rings. The smallest absolute Gasteiger partial charge is 0.337 e. The molecule has 0 spiro atoms. The molecule has 0 aromatic rings. The summed E-state index contributed by atoms with van der Waals surface area (Å²) in [6, 6.07) is 0. The Morgan fingerprint density at radius 3 is 2.64 bits per heavy atom. The van der Waals surface area contributed by atoms with Gasteiger partial charge < -0.3 is 9.84 Å². The molecule has 82 valence electrons. The predicted molar refractivity (Wildman–Crippen MR) is 64.3 cm³/mol. The van der Waals surface area contributed by atoms with E-state index in [0.717, 1.165) is 12.8 Å². The maximum absolute atomic E-state index is 11.3. The van der Waals surface area contributed by atoms with E-state index in [0.29, 0.717) is 18.6 Å². The lowest BCUT2D eigenvalue weighted by molar-refractivity contribution is -0.139. The number of rotatable bonds is 6. The quantitative estimate of drug-likeness (QED) is 0.465. The largest absolute Gasteiger partial charge is 0.463 e. The normalized spacial score (nSPS) is 13.9. The van der Waals surface area contributed by atoms with Crippen LogP contribution in [-0.2, 0) is 9.53 Å². The summed E-state index contributed by atoms with van der Waals surface area (Å²) in [5, 5.41) is 9.66. The van der Waals surface area contributed by atoms with Crippen molar-refractivity contribution in [2.75, 3.05) is 6.61 Å². The number of esters is 1. The van der Waals surface area contributed by atoms with E-state index in [1.54, 1.807) is 11.0 Å². The van der Waals surface area contributed by atoms with Gasteiger partial charge >= 0.3 is 5.97 Å². The van der Waals surface area contributed by atoms with E-state index < -0.39 is 12.1 Å². The highest BCUT2D eigenvalue weighted by molar-refractivity contribution is 14.1. The molecular weight excluding hydrogens is 295 g/mol. The molecule has 14 heavy (non-hydrogen) atoms. The summed E-state index contributed by atoms with van der Waals surface area (Å²) in [6.07, 6.45) is 1.85. The minimum atomic E-state index is -0.689. The Bertz CT molecular complexity index is 202. The molecule has 0 bridgehead atoms. The average molecular weight is 312 g/mol. The fourth-order valence-corrected chi connectivity index (χ4v) is 1.69. The van der Waals surface area contributed by atoms with Crippen LogP contribution in [0.4, 0.5) is 0 Å². The molecule has 0 radical (unpaired) electrons. The highest BCUT2D eigenvalue weighted by Gasteiger charge is 2.18. The molecule has 0 aromatic heterocycles. The van der Waals surface area contributed by atoms with Gasteiger partial charge in [-0.15, -0.1) is 0 Å². The van der Waals surface area contributed by atoms with Crippen LogP contribution in [0.3, 0.4) is 0 Å². The van der Waals surface area contributed by atoms with Crippen molar-refractivity contribution in [1.82, 2.24) is 0 Å². The molecule has 0 aromatic carbocycles. The lowest BCUT2D eigenvalue weighted by atomic mass is 10.1. The number of hydrogen-bond donors (Lipinski definition) is 1.